The highest BCUT2D eigenvalue weighted by atomic mass is 16.4. The van der Waals surface area contributed by atoms with Gasteiger partial charge in [0.25, 0.3) is 0 Å². The molecule has 3 aliphatic carbocycles. The Morgan fingerprint density at radius 1 is 1.25 bits per heavy atom. The first kappa shape index (κ1) is 21.6. The third-order valence-corrected chi connectivity index (χ3v) is 7.77. The van der Waals surface area contributed by atoms with Gasteiger partial charge < -0.3 is 15.3 Å². The van der Waals surface area contributed by atoms with Crippen molar-refractivity contribution in [2.24, 2.45) is 35.5 Å². The molecule has 0 amide bonds. The number of hydrogen-bond donors (Lipinski definition) is 3. The Morgan fingerprint density at radius 2 is 2.07 bits per heavy atom. The molecule has 0 bridgehead atoms. The molecule has 0 saturated heterocycles. The summed E-state index contributed by atoms with van der Waals surface area (Å²) in [6.45, 7) is 2.25. The molecule has 158 valence electrons. The number of carboxylic acids is 1. The Kier molecular flexibility index (Phi) is 7.76. The molecule has 3 unspecified atom stereocenters. The number of aliphatic hydroxyl groups is 2. The van der Waals surface area contributed by atoms with Gasteiger partial charge in [0.05, 0.1) is 18.6 Å². The van der Waals surface area contributed by atoms with Crippen LogP contribution in [0.1, 0.15) is 71.1 Å². The van der Waals surface area contributed by atoms with Gasteiger partial charge in [0, 0.05) is 5.92 Å². The second kappa shape index (κ2) is 10.1. The molecule has 3 fully saturated rings. The lowest BCUT2D eigenvalue weighted by molar-refractivity contribution is -0.144. The molecule has 7 atom stereocenters. The smallest absolute Gasteiger partial charge is 0.306 e. The molecule has 0 aromatic rings. The van der Waals surface area contributed by atoms with E-state index in [2.05, 4.69) is 13.0 Å². The second-order valence-corrected chi connectivity index (χ2v) is 9.41. The monoisotopic (exact) mass is 390 g/mol. The second-order valence-electron chi connectivity index (χ2n) is 9.41. The van der Waals surface area contributed by atoms with Crippen molar-refractivity contribution in [2.45, 2.75) is 77.2 Å². The molecule has 4 heteroatoms. The molecule has 3 N–H and O–H groups in total. The van der Waals surface area contributed by atoms with Gasteiger partial charge in [-0.15, -0.1) is 0 Å². The van der Waals surface area contributed by atoms with E-state index in [0.717, 1.165) is 44.9 Å². The lowest BCUT2D eigenvalue weighted by atomic mass is 9.73. The highest BCUT2D eigenvalue weighted by molar-refractivity contribution is 5.70. The Balaban J connectivity index is 1.54. The zero-order valence-corrected chi connectivity index (χ0v) is 17.3. The summed E-state index contributed by atoms with van der Waals surface area (Å²) < 4.78 is 0. The highest BCUT2D eigenvalue weighted by Gasteiger charge is 2.44. The summed E-state index contributed by atoms with van der Waals surface area (Å²) in [6, 6.07) is 0. The summed E-state index contributed by atoms with van der Waals surface area (Å²) in [7, 11) is 0. The third kappa shape index (κ3) is 5.07. The van der Waals surface area contributed by atoms with Crippen molar-refractivity contribution in [3.05, 3.63) is 23.8 Å². The number of aliphatic carboxylic acids is 1. The van der Waals surface area contributed by atoms with Gasteiger partial charge in [0.2, 0.25) is 0 Å². The predicted molar refractivity (Wildman–Crippen MR) is 111 cm³/mol. The summed E-state index contributed by atoms with van der Waals surface area (Å²) in [4.78, 5) is 11.9. The molecule has 28 heavy (non-hydrogen) atoms. The van der Waals surface area contributed by atoms with Crippen molar-refractivity contribution in [3.8, 4) is 0 Å². The fourth-order valence-corrected chi connectivity index (χ4v) is 6.25. The fourth-order valence-electron chi connectivity index (χ4n) is 6.25. The number of allylic oxidation sites excluding steroid dienone is 2. The van der Waals surface area contributed by atoms with Crippen molar-refractivity contribution >= 4 is 5.97 Å². The van der Waals surface area contributed by atoms with Crippen LogP contribution in [0.5, 0.6) is 0 Å². The topological polar surface area (TPSA) is 77.8 Å². The first-order valence-electron chi connectivity index (χ1n) is 11.4. The van der Waals surface area contributed by atoms with E-state index in [0.29, 0.717) is 23.7 Å². The van der Waals surface area contributed by atoms with Crippen LogP contribution >= 0.6 is 0 Å². The number of hydrogen-bond acceptors (Lipinski definition) is 3. The maximum atomic E-state index is 11.9. The van der Waals surface area contributed by atoms with E-state index < -0.39 is 5.97 Å². The average Bonchev–Trinajstić information content (AvgIpc) is 3.19. The van der Waals surface area contributed by atoms with Crippen molar-refractivity contribution in [1.29, 1.82) is 0 Å². The molecular weight excluding hydrogens is 352 g/mol. The van der Waals surface area contributed by atoms with Gasteiger partial charge in [-0.3, -0.25) is 4.79 Å². The van der Waals surface area contributed by atoms with Crippen LogP contribution in [-0.4, -0.2) is 34.0 Å². The van der Waals surface area contributed by atoms with Crippen LogP contribution in [0.4, 0.5) is 0 Å². The molecule has 3 saturated carbocycles. The zero-order valence-electron chi connectivity index (χ0n) is 17.3. The quantitative estimate of drug-likeness (QED) is 0.531. The molecule has 4 nitrogen and oxygen atoms in total. The van der Waals surface area contributed by atoms with E-state index in [-0.39, 0.29) is 24.5 Å². The van der Waals surface area contributed by atoms with Crippen LogP contribution in [0.15, 0.2) is 23.8 Å². The van der Waals surface area contributed by atoms with Crippen molar-refractivity contribution in [3.63, 3.8) is 0 Å². The van der Waals surface area contributed by atoms with Gasteiger partial charge in [-0.05, 0) is 68.6 Å². The van der Waals surface area contributed by atoms with E-state index in [1.54, 1.807) is 6.08 Å². The molecule has 0 spiro atoms. The lowest BCUT2D eigenvalue weighted by Crippen LogP contribution is -2.28. The zero-order chi connectivity index (χ0) is 20.1. The number of aliphatic hydroxyl groups excluding tert-OH is 2. The van der Waals surface area contributed by atoms with E-state index in [9.17, 15) is 15.0 Å². The van der Waals surface area contributed by atoms with E-state index in [1.807, 2.05) is 6.08 Å². The molecule has 0 radical (unpaired) electrons. The first-order chi connectivity index (χ1) is 13.5. The number of fused-ring (bicyclic) bond motifs is 1. The van der Waals surface area contributed by atoms with Crippen LogP contribution in [0, 0.1) is 35.5 Å². The van der Waals surface area contributed by atoms with Gasteiger partial charge >= 0.3 is 5.97 Å². The number of rotatable bonds is 8. The standard InChI is InChI=1S/C24H38O4/c1-2-16-6-3-8-18(12-16)20(24(27)28)9-4-7-17-13-19-15-23(26)21(10-5-11-25)22(19)14-17/h5,7,10,16,18-23,25-26H,2-4,6,8-9,11-15H2,1H3,(H,27,28)/t16?,18?,19-,20?,21-,22+,23-/m1/s1. The maximum absolute atomic E-state index is 11.9. The minimum Gasteiger partial charge on any atom is -0.481 e. The Hall–Kier alpha value is -1.13. The Bertz CT molecular complexity index is 581. The van der Waals surface area contributed by atoms with Gasteiger partial charge in [0.15, 0.2) is 0 Å². The van der Waals surface area contributed by atoms with Crippen LogP contribution in [0.2, 0.25) is 0 Å². The first-order valence-corrected chi connectivity index (χ1v) is 11.4. The average molecular weight is 391 g/mol. The molecule has 0 aromatic heterocycles. The summed E-state index contributed by atoms with van der Waals surface area (Å²) >= 11 is 0. The van der Waals surface area contributed by atoms with Crippen molar-refractivity contribution in [1.82, 2.24) is 0 Å². The van der Waals surface area contributed by atoms with Gasteiger partial charge in [-0.1, -0.05) is 50.0 Å². The maximum Gasteiger partial charge on any atom is 0.306 e. The molecule has 0 heterocycles. The molecular formula is C24H38O4. The number of carboxylic acid groups (broad SMARTS) is 1. The molecule has 3 aliphatic rings. The Labute approximate surface area is 169 Å². The highest BCUT2D eigenvalue weighted by Crippen LogP contribution is 2.50. The summed E-state index contributed by atoms with van der Waals surface area (Å²) in [6.07, 6.45) is 16.1. The fraction of sp³-hybridized carbons (Fsp3) is 0.792. The van der Waals surface area contributed by atoms with Crippen LogP contribution in [-0.2, 0) is 4.79 Å². The van der Waals surface area contributed by atoms with Crippen molar-refractivity contribution < 1.29 is 20.1 Å². The van der Waals surface area contributed by atoms with E-state index in [4.69, 9.17) is 5.11 Å². The third-order valence-electron chi connectivity index (χ3n) is 7.77. The van der Waals surface area contributed by atoms with Crippen LogP contribution < -0.4 is 0 Å². The van der Waals surface area contributed by atoms with Gasteiger partial charge in [0.1, 0.15) is 0 Å². The normalized spacial score (nSPS) is 38.2. The minimum absolute atomic E-state index is 0.0277. The van der Waals surface area contributed by atoms with Gasteiger partial charge in [-0.25, -0.2) is 0 Å². The van der Waals surface area contributed by atoms with E-state index >= 15 is 0 Å². The van der Waals surface area contributed by atoms with Crippen molar-refractivity contribution in [2.75, 3.05) is 6.61 Å². The summed E-state index contributed by atoms with van der Waals surface area (Å²) in [5.41, 5.74) is 1.45. The summed E-state index contributed by atoms with van der Waals surface area (Å²) in [5, 5.41) is 29.1. The van der Waals surface area contributed by atoms with E-state index in [1.165, 1.54) is 24.8 Å². The van der Waals surface area contributed by atoms with Crippen LogP contribution in [0.3, 0.4) is 0 Å². The number of carbonyl (C=O) groups is 1. The minimum atomic E-state index is -0.610. The largest absolute Gasteiger partial charge is 0.481 e. The summed E-state index contributed by atoms with van der Waals surface area (Å²) in [5.74, 6) is 1.42. The Morgan fingerprint density at radius 3 is 2.79 bits per heavy atom. The molecule has 0 aliphatic heterocycles. The van der Waals surface area contributed by atoms with Crippen LogP contribution in [0.25, 0.3) is 0 Å². The SMILES string of the molecule is CCC1CCCC(C(CCC=C2C[C@@H]3C[C@@H](O)[C@H](C=CCO)[C@H]3C2)C(=O)O)C1. The lowest BCUT2D eigenvalue weighted by Gasteiger charge is -2.32. The molecule has 0 aromatic carbocycles. The van der Waals surface area contributed by atoms with Gasteiger partial charge in [-0.2, -0.15) is 0 Å². The molecule has 3 rings (SSSR count). The predicted octanol–water partition coefficient (Wildman–Crippen LogP) is 4.57.